The Bertz CT molecular complexity index is 829. The Morgan fingerprint density at radius 3 is 2.75 bits per heavy atom. The van der Waals surface area contributed by atoms with Gasteiger partial charge < -0.3 is 15.2 Å². The molecule has 0 aliphatic rings. The number of aromatic hydroxyl groups is 1. The largest absolute Gasteiger partial charge is 0.504 e. The Balaban J connectivity index is 1.81. The lowest BCUT2D eigenvalue weighted by Crippen LogP contribution is -2.27. The molecule has 3 aromatic rings. The minimum atomic E-state index is 0.0478. The number of nitrogens with zero attached hydrogens (tertiary/aromatic N) is 3. The van der Waals surface area contributed by atoms with Gasteiger partial charge in [-0.3, -0.25) is 4.40 Å². The van der Waals surface area contributed by atoms with E-state index < -0.39 is 0 Å². The van der Waals surface area contributed by atoms with Crippen LogP contribution in [0.4, 0.5) is 0 Å². The molecule has 2 heterocycles. The lowest BCUT2D eigenvalue weighted by atomic mass is 10.0. The molecule has 0 aliphatic carbocycles. The Morgan fingerprint density at radius 2 is 2.04 bits per heavy atom. The zero-order valence-corrected chi connectivity index (χ0v) is 14.1. The number of fused-ring (bicyclic) bond motifs is 1. The molecule has 1 aromatic carbocycles. The van der Waals surface area contributed by atoms with E-state index in [0.29, 0.717) is 18.2 Å². The van der Waals surface area contributed by atoms with Gasteiger partial charge in [0, 0.05) is 12.7 Å². The first-order valence-electron chi connectivity index (χ1n) is 7.99. The summed E-state index contributed by atoms with van der Waals surface area (Å²) in [5.41, 5.74) is 1.81. The van der Waals surface area contributed by atoms with Crippen LogP contribution in [-0.4, -0.2) is 26.8 Å². The Morgan fingerprint density at radius 1 is 1.21 bits per heavy atom. The number of ether oxygens (including phenoxy) is 1. The van der Waals surface area contributed by atoms with Crippen LogP contribution >= 0.6 is 0 Å². The average Bonchev–Trinajstić information content (AvgIpc) is 2.99. The third kappa shape index (κ3) is 3.19. The number of phenols is 1. The van der Waals surface area contributed by atoms with Crippen molar-refractivity contribution in [1.82, 2.24) is 19.9 Å². The summed E-state index contributed by atoms with van der Waals surface area (Å²) >= 11 is 0. The zero-order valence-electron chi connectivity index (χ0n) is 14.1. The topological polar surface area (TPSA) is 71.7 Å². The molecule has 1 unspecified atom stereocenters. The van der Waals surface area contributed by atoms with Gasteiger partial charge in [0.25, 0.3) is 0 Å². The standard InChI is InChI=1S/C18H22N4O2/c1-12(2)17(18-21-20-16-6-4-5-9-22(16)18)19-11-13-7-8-15(24-3)14(23)10-13/h4-10,12,17,19,23H,11H2,1-3H3. The fraction of sp³-hybridized carbons (Fsp3) is 0.333. The number of aromatic nitrogens is 3. The first-order chi connectivity index (χ1) is 11.6. The van der Waals surface area contributed by atoms with E-state index in [1.54, 1.807) is 12.1 Å². The van der Waals surface area contributed by atoms with Crippen molar-refractivity contribution in [1.29, 1.82) is 0 Å². The minimum Gasteiger partial charge on any atom is -0.504 e. The predicted molar refractivity (Wildman–Crippen MR) is 92.1 cm³/mol. The minimum absolute atomic E-state index is 0.0478. The van der Waals surface area contributed by atoms with E-state index in [2.05, 4.69) is 29.4 Å². The highest BCUT2D eigenvalue weighted by molar-refractivity contribution is 5.41. The number of pyridine rings is 1. The molecule has 0 spiro atoms. The summed E-state index contributed by atoms with van der Waals surface area (Å²) in [4.78, 5) is 0. The van der Waals surface area contributed by atoms with Crippen molar-refractivity contribution in [2.45, 2.75) is 26.4 Å². The molecule has 0 saturated carbocycles. The van der Waals surface area contributed by atoms with Gasteiger partial charge >= 0.3 is 0 Å². The third-order valence-electron chi connectivity index (χ3n) is 4.05. The number of benzene rings is 1. The summed E-state index contributed by atoms with van der Waals surface area (Å²) in [6.45, 7) is 4.91. The smallest absolute Gasteiger partial charge is 0.160 e. The van der Waals surface area contributed by atoms with Crippen LogP contribution in [0.5, 0.6) is 11.5 Å². The van der Waals surface area contributed by atoms with E-state index in [9.17, 15) is 5.11 Å². The van der Waals surface area contributed by atoms with Gasteiger partial charge in [-0.2, -0.15) is 0 Å². The summed E-state index contributed by atoms with van der Waals surface area (Å²) in [6.07, 6.45) is 1.97. The van der Waals surface area contributed by atoms with Crippen molar-refractivity contribution in [3.05, 3.63) is 54.0 Å². The lowest BCUT2D eigenvalue weighted by Gasteiger charge is -2.21. The van der Waals surface area contributed by atoms with Gasteiger partial charge in [0.15, 0.2) is 23.0 Å². The van der Waals surface area contributed by atoms with Gasteiger partial charge in [0.05, 0.1) is 13.2 Å². The number of methoxy groups -OCH3 is 1. The maximum absolute atomic E-state index is 9.91. The van der Waals surface area contributed by atoms with Crippen LogP contribution in [-0.2, 0) is 6.54 Å². The van der Waals surface area contributed by atoms with Crippen molar-refractivity contribution in [3.63, 3.8) is 0 Å². The Kier molecular flexibility index (Phi) is 4.66. The molecule has 2 N–H and O–H groups in total. The van der Waals surface area contributed by atoms with Gasteiger partial charge in [-0.25, -0.2) is 0 Å². The predicted octanol–water partition coefficient (Wildman–Crippen LogP) is 2.93. The van der Waals surface area contributed by atoms with E-state index in [4.69, 9.17) is 4.74 Å². The molecule has 24 heavy (non-hydrogen) atoms. The van der Waals surface area contributed by atoms with Gasteiger partial charge in [0.1, 0.15) is 0 Å². The van der Waals surface area contributed by atoms with E-state index in [-0.39, 0.29) is 11.8 Å². The van der Waals surface area contributed by atoms with E-state index in [0.717, 1.165) is 17.0 Å². The summed E-state index contributed by atoms with van der Waals surface area (Å²) in [7, 11) is 1.54. The normalized spacial score (nSPS) is 12.7. The van der Waals surface area contributed by atoms with Gasteiger partial charge in [-0.05, 0) is 35.7 Å². The van der Waals surface area contributed by atoms with Crippen LogP contribution in [0.15, 0.2) is 42.6 Å². The number of hydrogen-bond acceptors (Lipinski definition) is 5. The number of rotatable bonds is 6. The quantitative estimate of drug-likeness (QED) is 0.729. The summed E-state index contributed by atoms with van der Waals surface area (Å²) in [5.74, 6) is 1.84. The highest BCUT2D eigenvalue weighted by Crippen LogP contribution is 2.27. The molecule has 6 nitrogen and oxygen atoms in total. The molecule has 0 saturated heterocycles. The second-order valence-corrected chi connectivity index (χ2v) is 6.10. The van der Waals surface area contributed by atoms with Crippen LogP contribution < -0.4 is 10.1 Å². The van der Waals surface area contributed by atoms with E-state index >= 15 is 0 Å². The summed E-state index contributed by atoms with van der Waals surface area (Å²) in [5, 5.41) is 22.0. The molecular weight excluding hydrogens is 304 g/mol. The SMILES string of the molecule is COc1ccc(CNC(c2nnc3ccccn23)C(C)C)cc1O. The van der Waals surface area contributed by atoms with Crippen molar-refractivity contribution < 1.29 is 9.84 Å². The number of nitrogens with one attached hydrogen (secondary N) is 1. The van der Waals surface area contributed by atoms with E-state index in [1.807, 2.05) is 34.9 Å². The molecule has 6 heteroatoms. The van der Waals surface area contributed by atoms with Crippen molar-refractivity contribution in [3.8, 4) is 11.5 Å². The van der Waals surface area contributed by atoms with Gasteiger partial charge in [0.2, 0.25) is 0 Å². The first-order valence-corrected chi connectivity index (χ1v) is 7.99. The molecule has 0 amide bonds. The van der Waals surface area contributed by atoms with Crippen LogP contribution in [0.2, 0.25) is 0 Å². The lowest BCUT2D eigenvalue weighted by molar-refractivity contribution is 0.371. The Labute approximate surface area is 141 Å². The summed E-state index contributed by atoms with van der Waals surface area (Å²) in [6, 6.07) is 11.3. The highest BCUT2D eigenvalue weighted by Gasteiger charge is 2.21. The fourth-order valence-corrected chi connectivity index (χ4v) is 2.77. The molecule has 2 aromatic heterocycles. The maximum atomic E-state index is 9.91. The molecule has 0 bridgehead atoms. The van der Waals surface area contributed by atoms with Crippen molar-refractivity contribution in [2.75, 3.05) is 7.11 Å². The van der Waals surface area contributed by atoms with Crippen LogP contribution in [0, 0.1) is 5.92 Å². The molecular formula is C18H22N4O2. The summed E-state index contributed by atoms with van der Waals surface area (Å²) < 4.78 is 7.08. The van der Waals surface area contributed by atoms with Gasteiger partial charge in [-0.1, -0.05) is 26.0 Å². The third-order valence-corrected chi connectivity index (χ3v) is 4.05. The Hall–Kier alpha value is -2.60. The van der Waals surface area contributed by atoms with E-state index in [1.165, 1.54) is 7.11 Å². The van der Waals surface area contributed by atoms with Crippen molar-refractivity contribution in [2.24, 2.45) is 5.92 Å². The molecule has 0 aliphatic heterocycles. The van der Waals surface area contributed by atoms with Gasteiger partial charge in [-0.15, -0.1) is 10.2 Å². The average molecular weight is 326 g/mol. The monoisotopic (exact) mass is 326 g/mol. The number of hydrogen-bond donors (Lipinski definition) is 2. The second kappa shape index (κ2) is 6.88. The first kappa shape index (κ1) is 16.3. The fourth-order valence-electron chi connectivity index (χ4n) is 2.77. The maximum Gasteiger partial charge on any atom is 0.160 e. The van der Waals surface area contributed by atoms with Crippen LogP contribution in [0.25, 0.3) is 5.65 Å². The molecule has 1 atom stereocenters. The molecule has 3 rings (SSSR count). The molecule has 0 radical (unpaired) electrons. The second-order valence-electron chi connectivity index (χ2n) is 6.10. The van der Waals surface area contributed by atoms with Crippen molar-refractivity contribution >= 4 is 5.65 Å². The molecule has 126 valence electrons. The highest BCUT2D eigenvalue weighted by atomic mass is 16.5. The van der Waals surface area contributed by atoms with Crippen LogP contribution in [0.1, 0.15) is 31.3 Å². The number of phenolic OH excluding ortho intramolecular Hbond substituents is 1. The zero-order chi connectivity index (χ0) is 17.1. The molecule has 0 fully saturated rings. The van der Waals surface area contributed by atoms with Crippen LogP contribution in [0.3, 0.4) is 0 Å².